The highest BCUT2D eigenvalue weighted by Crippen LogP contribution is 2.25. The Morgan fingerprint density at radius 1 is 1.23 bits per heavy atom. The van der Waals surface area contributed by atoms with E-state index in [9.17, 15) is 0 Å². The van der Waals surface area contributed by atoms with E-state index in [4.69, 9.17) is 0 Å². The standard InChI is InChI=1S/C20H18N6/c1-3-9-26-19(16-11-23-24-12-16)13-22-20(26)14(2)25-17-6-7-18-15(10-17)5-4-8-21-18/h3-13,25H,2H2,1H3,(H,23,24)/b9-3-. The van der Waals surface area contributed by atoms with Crippen LogP contribution in [0.5, 0.6) is 0 Å². The molecule has 0 unspecified atom stereocenters. The van der Waals surface area contributed by atoms with Crippen LogP contribution in [0.4, 0.5) is 5.69 Å². The molecule has 6 nitrogen and oxygen atoms in total. The van der Waals surface area contributed by atoms with E-state index in [1.807, 2.05) is 66.5 Å². The highest BCUT2D eigenvalue weighted by Gasteiger charge is 2.13. The van der Waals surface area contributed by atoms with Crippen LogP contribution in [0.3, 0.4) is 0 Å². The Morgan fingerprint density at radius 2 is 2.15 bits per heavy atom. The zero-order chi connectivity index (χ0) is 17.9. The molecular formula is C20H18N6. The van der Waals surface area contributed by atoms with Crippen molar-refractivity contribution in [1.82, 2.24) is 24.7 Å². The lowest BCUT2D eigenvalue weighted by Crippen LogP contribution is -2.04. The molecule has 0 bridgehead atoms. The highest BCUT2D eigenvalue weighted by molar-refractivity contribution is 5.85. The third kappa shape index (κ3) is 2.88. The topological polar surface area (TPSA) is 71.4 Å². The zero-order valence-corrected chi connectivity index (χ0v) is 14.3. The second kappa shape index (κ2) is 6.68. The van der Waals surface area contributed by atoms with Gasteiger partial charge in [0.1, 0.15) is 0 Å². The van der Waals surface area contributed by atoms with Gasteiger partial charge in [0.2, 0.25) is 0 Å². The predicted molar refractivity (Wildman–Crippen MR) is 105 cm³/mol. The Hall–Kier alpha value is -3.67. The number of allylic oxidation sites excluding steroid dienone is 1. The van der Waals surface area contributed by atoms with E-state index in [0.29, 0.717) is 5.70 Å². The van der Waals surface area contributed by atoms with Gasteiger partial charge in [-0.15, -0.1) is 0 Å². The number of hydrogen-bond acceptors (Lipinski definition) is 4. The molecular weight excluding hydrogens is 324 g/mol. The summed E-state index contributed by atoms with van der Waals surface area (Å²) in [6.45, 7) is 6.14. The van der Waals surface area contributed by atoms with Crippen LogP contribution >= 0.6 is 0 Å². The van der Waals surface area contributed by atoms with Crippen molar-refractivity contribution in [2.45, 2.75) is 6.92 Å². The van der Waals surface area contributed by atoms with Crippen LogP contribution in [0.25, 0.3) is 34.1 Å². The van der Waals surface area contributed by atoms with Gasteiger partial charge in [0.15, 0.2) is 5.82 Å². The average Bonchev–Trinajstić information content (AvgIpc) is 3.31. The maximum Gasteiger partial charge on any atom is 0.160 e. The SMILES string of the molecule is C=C(Nc1ccc2ncccc2c1)c1ncc(-c2cn[nH]c2)n1/C=C\C. The van der Waals surface area contributed by atoms with E-state index < -0.39 is 0 Å². The summed E-state index contributed by atoms with van der Waals surface area (Å²) in [4.78, 5) is 8.89. The molecule has 0 fully saturated rings. The second-order valence-electron chi connectivity index (χ2n) is 5.82. The second-order valence-corrected chi connectivity index (χ2v) is 5.82. The molecule has 4 rings (SSSR count). The van der Waals surface area contributed by atoms with Crippen LogP contribution in [0.2, 0.25) is 0 Å². The number of benzene rings is 1. The van der Waals surface area contributed by atoms with E-state index in [1.165, 1.54) is 0 Å². The van der Waals surface area contributed by atoms with Crippen molar-refractivity contribution in [3.63, 3.8) is 0 Å². The largest absolute Gasteiger partial charge is 0.353 e. The number of imidazole rings is 1. The fraction of sp³-hybridized carbons (Fsp3) is 0.0500. The van der Waals surface area contributed by atoms with E-state index in [1.54, 1.807) is 12.4 Å². The van der Waals surface area contributed by atoms with Crippen LogP contribution in [0.15, 0.2) is 67.8 Å². The summed E-state index contributed by atoms with van der Waals surface area (Å²) in [5.74, 6) is 0.741. The van der Waals surface area contributed by atoms with Gasteiger partial charge in [-0.3, -0.25) is 14.6 Å². The van der Waals surface area contributed by atoms with Crippen molar-refractivity contribution in [1.29, 1.82) is 0 Å². The minimum Gasteiger partial charge on any atom is -0.353 e. The molecule has 0 aliphatic carbocycles. The fourth-order valence-electron chi connectivity index (χ4n) is 2.87. The molecule has 4 aromatic rings. The maximum absolute atomic E-state index is 4.54. The average molecular weight is 342 g/mol. The molecule has 3 aromatic heterocycles. The minimum atomic E-state index is 0.709. The summed E-state index contributed by atoms with van der Waals surface area (Å²) in [5.41, 5.74) is 4.52. The summed E-state index contributed by atoms with van der Waals surface area (Å²) in [7, 11) is 0. The third-order valence-electron chi connectivity index (χ3n) is 4.06. The number of nitrogens with one attached hydrogen (secondary N) is 2. The van der Waals surface area contributed by atoms with Gasteiger partial charge in [-0.2, -0.15) is 5.10 Å². The molecule has 0 spiro atoms. The first-order valence-electron chi connectivity index (χ1n) is 8.26. The van der Waals surface area contributed by atoms with Gasteiger partial charge in [-0.05, 0) is 31.2 Å². The van der Waals surface area contributed by atoms with E-state index >= 15 is 0 Å². The normalized spacial score (nSPS) is 11.3. The lowest BCUT2D eigenvalue weighted by molar-refractivity contribution is 1.09. The van der Waals surface area contributed by atoms with Gasteiger partial charge in [0.25, 0.3) is 0 Å². The van der Waals surface area contributed by atoms with Crippen LogP contribution < -0.4 is 5.32 Å². The molecule has 0 aliphatic rings. The zero-order valence-electron chi connectivity index (χ0n) is 14.3. The van der Waals surface area contributed by atoms with Crippen LogP contribution in [0.1, 0.15) is 12.7 Å². The lowest BCUT2D eigenvalue weighted by atomic mass is 10.2. The van der Waals surface area contributed by atoms with Crippen molar-refractivity contribution in [2.24, 2.45) is 0 Å². The summed E-state index contributed by atoms with van der Waals surface area (Å²) < 4.78 is 1.99. The Balaban J connectivity index is 1.67. The Kier molecular flexibility index (Phi) is 4.07. The molecule has 0 atom stereocenters. The number of rotatable bonds is 5. The Bertz CT molecular complexity index is 1090. The van der Waals surface area contributed by atoms with Gasteiger partial charge >= 0.3 is 0 Å². The Labute approximate surface area is 150 Å². The van der Waals surface area contributed by atoms with Crippen molar-refractivity contribution in [3.8, 4) is 11.3 Å². The molecule has 128 valence electrons. The molecule has 0 saturated carbocycles. The van der Waals surface area contributed by atoms with Gasteiger partial charge in [-0.1, -0.05) is 18.7 Å². The smallest absolute Gasteiger partial charge is 0.160 e. The van der Waals surface area contributed by atoms with Crippen molar-refractivity contribution >= 4 is 28.5 Å². The molecule has 26 heavy (non-hydrogen) atoms. The van der Waals surface area contributed by atoms with E-state index in [0.717, 1.165) is 33.7 Å². The number of pyridine rings is 1. The summed E-state index contributed by atoms with van der Waals surface area (Å²) in [5, 5.41) is 11.3. The monoisotopic (exact) mass is 342 g/mol. The molecule has 3 heterocycles. The van der Waals surface area contributed by atoms with Crippen molar-refractivity contribution in [2.75, 3.05) is 5.32 Å². The number of aromatic nitrogens is 5. The molecule has 0 aliphatic heterocycles. The first kappa shape index (κ1) is 15.8. The molecule has 2 N–H and O–H groups in total. The molecule has 0 radical (unpaired) electrons. The number of hydrogen-bond donors (Lipinski definition) is 2. The summed E-state index contributed by atoms with van der Waals surface area (Å²) in [6, 6.07) is 9.99. The quantitative estimate of drug-likeness (QED) is 0.564. The van der Waals surface area contributed by atoms with E-state index in [2.05, 4.69) is 32.1 Å². The molecule has 0 amide bonds. The number of aromatic amines is 1. The number of H-pyrrole nitrogens is 1. The first-order chi connectivity index (χ1) is 12.8. The van der Waals surface area contributed by atoms with Crippen molar-refractivity contribution in [3.05, 3.63) is 73.6 Å². The van der Waals surface area contributed by atoms with Crippen LogP contribution in [-0.4, -0.2) is 24.7 Å². The number of nitrogens with zero attached hydrogens (tertiary/aromatic N) is 4. The van der Waals surface area contributed by atoms with Gasteiger partial charge < -0.3 is 5.32 Å². The van der Waals surface area contributed by atoms with E-state index in [-0.39, 0.29) is 0 Å². The lowest BCUT2D eigenvalue weighted by Gasteiger charge is -2.12. The first-order valence-corrected chi connectivity index (χ1v) is 8.26. The van der Waals surface area contributed by atoms with Gasteiger partial charge in [-0.25, -0.2) is 4.98 Å². The fourth-order valence-corrected chi connectivity index (χ4v) is 2.87. The minimum absolute atomic E-state index is 0.709. The Morgan fingerprint density at radius 3 is 2.96 bits per heavy atom. The number of anilines is 1. The molecule has 6 heteroatoms. The maximum atomic E-state index is 4.54. The highest BCUT2D eigenvalue weighted by atomic mass is 15.1. The molecule has 0 saturated heterocycles. The predicted octanol–water partition coefficient (Wildman–Crippen LogP) is 4.39. The summed E-state index contributed by atoms with van der Waals surface area (Å²) in [6.07, 6.45) is 11.1. The van der Waals surface area contributed by atoms with Crippen LogP contribution in [-0.2, 0) is 0 Å². The van der Waals surface area contributed by atoms with Gasteiger partial charge in [0, 0.05) is 35.2 Å². The number of fused-ring (bicyclic) bond motifs is 1. The van der Waals surface area contributed by atoms with Gasteiger partial charge in [0.05, 0.1) is 29.3 Å². The summed E-state index contributed by atoms with van der Waals surface area (Å²) >= 11 is 0. The molecule has 1 aromatic carbocycles. The van der Waals surface area contributed by atoms with Crippen molar-refractivity contribution < 1.29 is 0 Å². The van der Waals surface area contributed by atoms with Crippen LogP contribution in [0, 0.1) is 0 Å². The third-order valence-corrected chi connectivity index (χ3v) is 4.06.